The number of pyridine rings is 1. The van der Waals surface area contributed by atoms with Crippen LogP contribution in [0.25, 0.3) is 10.9 Å². The summed E-state index contributed by atoms with van der Waals surface area (Å²) in [5.74, 6) is 0. The van der Waals surface area contributed by atoms with Crippen molar-refractivity contribution in [2.24, 2.45) is 0 Å². The van der Waals surface area contributed by atoms with Crippen molar-refractivity contribution in [3.05, 3.63) is 40.1 Å². The van der Waals surface area contributed by atoms with Gasteiger partial charge < -0.3 is 4.90 Å². The Labute approximate surface area is 113 Å². The molecule has 1 aliphatic heterocycles. The van der Waals surface area contributed by atoms with Gasteiger partial charge in [0.2, 0.25) is 0 Å². The second-order valence-electron chi connectivity index (χ2n) is 5.42. The number of fused-ring (bicyclic) bond motifs is 2. The predicted molar refractivity (Wildman–Crippen MR) is 76.0 cm³/mol. The predicted octanol–water partition coefficient (Wildman–Crippen LogP) is 2.71. The maximum Gasteiger partial charge on any atom is 0.100 e. The van der Waals surface area contributed by atoms with Crippen LogP contribution < -0.4 is 0 Å². The van der Waals surface area contributed by atoms with Crippen LogP contribution in [-0.2, 0) is 13.0 Å². The number of nitrogens with zero attached hydrogens (tertiary/aromatic N) is 3. The Hall–Kier alpha value is -1.92. The number of aromatic nitrogens is 1. The molecule has 0 aliphatic carbocycles. The van der Waals surface area contributed by atoms with Crippen LogP contribution in [-0.4, -0.2) is 23.5 Å². The molecule has 0 N–H and O–H groups in total. The normalized spacial score (nSPS) is 15.3. The smallest absolute Gasteiger partial charge is 0.100 e. The summed E-state index contributed by atoms with van der Waals surface area (Å²) in [4.78, 5) is 7.09. The van der Waals surface area contributed by atoms with Gasteiger partial charge in [-0.1, -0.05) is 12.1 Å². The molecule has 3 rings (SSSR count). The van der Waals surface area contributed by atoms with E-state index >= 15 is 0 Å². The fourth-order valence-corrected chi connectivity index (χ4v) is 2.81. The average molecular weight is 251 g/mol. The number of benzene rings is 1. The zero-order chi connectivity index (χ0) is 13.6. The van der Waals surface area contributed by atoms with Crippen LogP contribution >= 0.6 is 0 Å². The quantitative estimate of drug-likeness (QED) is 0.722. The van der Waals surface area contributed by atoms with E-state index in [1.165, 1.54) is 11.1 Å². The van der Waals surface area contributed by atoms with Crippen molar-refractivity contribution in [2.45, 2.75) is 26.8 Å². The van der Waals surface area contributed by atoms with Crippen LogP contribution in [0.2, 0.25) is 0 Å². The van der Waals surface area contributed by atoms with E-state index in [0.29, 0.717) is 0 Å². The van der Waals surface area contributed by atoms with E-state index in [0.717, 1.165) is 47.2 Å². The number of hydrogen-bond donors (Lipinski definition) is 0. The van der Waals surface area contributed by atoms with Crippen molar-refractivity contribution in [2.75, 3.05) is 13.6 Å². The van der Waals surface area contributed by atoms with Gasteiger partial charge in [-0.15, -0.1) is 0 Å². The SMILES string of the molecule is Cc1ccc2c(C#N)c3c(nc2c1C)CCN(C)C3. The number of rotatable bonds is 0. The topological polar surface area (TPSA) is 39.9 Å². The van der Waals surface area contributed by atoms with E-state index in [1.807, 2.05) is 6.07 Å². The van der Waals surface area contributed by atoms with Gasteiger partial charge in [0.15, 0.2) is 0 Å². The van der Waals surface area contributed by atoms with Crippen molar-refractivity contribution in [3.63, 3.8) is 0 Å². The fourth-order valence-electron chi connectivity index (χ4n) is 2.81. The second kappa shape index (κ2) is 4.32. The number of aryl methyl sites for hydroxylation is 2. The third kappa shape index (κ3) is 1.80. The molecule has 0 fully saturated rings. The lowest BCUT2D eigenvalue weighted by Crippen LogP contribution is -2.28. The molecule has 0 unspecified atom stereocenters. The van der Waals surface area contributed by atoms with Gasteiger partial charge in [0.25, 0.3) is 0 Å². The van der Waals surface area contributed by atoms with Crippen molar-refractivity contribution >= 4 is 10.9 Å². The lowest BCUT2D eigenvalue weighted by Gasteiger charge is -2.26. The standard InChI is InChI=1S/C16H17N3/c1-10-4-5-12-13(8-17)14-9-19(3)7-6-15(14)18-16(12)11(10)2/h4-5H,6-7,9H2,1-3H3. The zero-order valence-corrected chi connectivity index (χ0v) is 11.6. The molecule has 1 aromatic carbocycles. The highest BCUT2D eigenvalue weighted by Crippen LogP contribution is 2.29. The minimum absolute atomic E-state index is 0.814. The number of nitriles is 1. The number of hydrogen-bond acceptors (Lipinski definition) is 3. The Balaban J connectivity index is 2.40. The molecule has 0 spiro atoms. The van der Waals surface area contributed by atoms with Crippen molar-refractivity contribution in [1.82, 2.24) is 9.88 Å². The highest BCUT2D eigenvalue weighted by atomic mass is 15.1. The third-order valence-electron chi connectivity index (χ3n) is 4.14. The highest BCUT2D eigenvalue weighted by molar-refractivity contribution is 5.89. The first kappa shape index (κ1) is 12.1. The summed E-state index contributed by atoms with van der Waals surface area (Å²) in [6, 6.07) is 6.52. The van der Waals surface area contributed by atoms with Crippen LogP contribution in [0.4, 0.5) is 0 Å². The minimum atomic E-state index is 0.814. The fraction of sp³-hybridized carbons (Fsp3) is 0.375. The first-order chi connectivity index (χ1) is 9.11. The molecule has 19 heavy (non-hydrogen) atoms. The van der Waals surface area contributed by atoms with E-state index < -0.39 is 0 Å². The van der Waals surface area contributed by atoms with Crippen molar-refractivity contribution in [3.8, 4) is 6.07 Å². The molecule has 3 heteroatoms. The van der Waals surface area contributed by atoms with E-state index in [-0.39, 0.29) is 0 Å². The summed E-state index contributed by atoms with van der Waals surface area (Å²) in [7, 11) is 2.09. The molecular weight excluding hydrogens is 234 g/mol. The van der Waals surface area contributed by atoms with Gasteiger partial charge >= 0.3 is 0 Å². The molecule has 0 amide bonds. The van der Waals surface area contributed by atoms with Crippen LogP contribution in [0, 0.1) is 25.2 Å². The van der Waals surface area contributed by atoms with Gasteiger partial charge in [0.1, 0.15) is 6.07 Å². The van der Waals surface area contributed by atoms with Gasteiger partial charge in [-0.25, -0.2) is 0 Å². The Morgan fingerprint density at radius 2 is 2.11 bits per heavy atom. The monoisotopic (exact) mass is 251 g/mol. The van der Waals surface area contributed by atoms with Gasteiger partial charge in [0.05, 0.1) is 11.1 Å². The molecular formula is C16H17N3. The maximum absolute atomic E-state index is 9.54. The lowest BCUT2D eigenvalue weighted by molar-refractivity contribution is 0.310. The summed E-state index contributed by atoms with van der Waals surface area (Å²) in [5, 5.41) is 10.5. The van der Waals surface area contributed by atoms with Crippen LogP contribution in [0.1, 0.15) is 27.9 Å². The summed E-state index contributed by atoms with van der Waals surface area (Å²) < 4.78 is 0. The first-order valence-corrected chi connectivity index (χ1v) is 6.62. The molecule has 96 valence electrons. The van der Waals surface area contributed by atoms with Crippen LogP contribution in [0.5, 0.6) is 0 Å². The summed E-state index contributed by atoms with van der Waals surface area (Å²) in [6.07, 6.45) is 0.934. The van der Waals surface area contributed by atoms with Gasteiger partial charge in [-0.2, -0.15) is 5.26 Å². The van der Waals surface area contributed by atoms with Gasteiger partial charge in [-0.3, -0.25) is 4.98 Å². The van der Waals surface area contributed by atoms with Crippen LogP contribution in [0.15, 0.2) is 12.1 Å². The molecule has 0 saturated heterocycles. The zero-order valence-electron chi connectivity index (χ0n) is 11.6. The first-order valence-electron chi connectivity index (χ1n) is 6.62. The Morgan fingerprint density at radius 1 is 1.32 bits per heavy atom. The molecule has 2 heterocycles. The summed E-state index contributed by atoms with van der Waals surface area (Å²) >= 11 is 0. The highest BCUT2D eigenvalue weighted by Gasteiger charge is 2.21. The molecule has 0 radical (unpaired) electrons. The Bertz CT molecular complexity index is 710. The lowest BCUT2D eigenvalue weighted by atomic mass is 9.94. The van der Waals surface area contributed by atoms with E-state index in [4.69, 9.17) is 4.98 Å². The minimum Gasteiger partial charge on any atom is -0.302 e. The summed E-state index contributed by atoms with van der Waals surface area (Å²) in [5.41, 5.74) is 6.46. The van der Waals surface area contributed by atoms with E-state index in [9.17, 15) is 5.26 Å². The number of likely N-dealkylation sites (N-methyl/N-ethyl adjacent to an activating group) is 1. The molecule has 1 aromatic heterocycles. The largest absolute Gasteiger partial charge is 0.302 e. The van der Waals surface area contributed by atoms with E-state index in [2.05, 4.69) is 37.9 Å². The molecule has 3 nitrogen and oxygen atoms in total. The van der Waals surface area contributed by atoms with Gasteiger partial charge in [0, 0.05) is 36.2 Å². The second-order valence-corrected chi connectivity index (χ2v) is 5.42. The van der Waals surface area contributed by atoms with Crippen molar-refractivity contribution < 1.29 is 0 Å². The Kier molecular flexibility index (Phi) is 2.76. The third-order valence-corrected chi connectivity index (χ3v) is 4.14. The average Bonchev–Trinajstić information content (AvgIpc) is 2.41. The maximum atomic E-state index is 9.54. The molecule has 0 atom stereocenters. The van der Waals surface area contributed by atoms with Crippen LogP contribution in [0.3, 0.4) is 0 Å². The Morgan fingerprint density at radius 3 is 2.84 bits per heavy atom. The summed E-state index contributed by atoms with van der Waals surface area (Å²) in [6.45, 7) is 6.03. The molecule has 2 aromatic rings. The molecule has 0 saturated carbocycles. The van der Waals surface area contributed by atoms with Gasteiger partial charge in [-0.05, 0) is 32.0 Å². The van der Waals surface area contributed by atoms with Crippen molar-refractivity contribution in [1.29, 1.82) is 5.26 Å². The van der Waals surface area contributed by atoms with E-state index in [1.54, 1.807) is 0 Å². The molecule has 1 aliphatic rings. The molecule has 0 bridgehead atoms.